The minimum absolute atomic E-state index is 0.276. The Morgan fingerprint density at radius 2 is 2.32 bits per heavy atom. The first-order chi connectivity index (χ1) is 9.22. The highest BCUT2D eigenvalue weighted by atomic mass is 35.5. The van der Waals surface area contributed by atoms with E-state index in [9.17, 15) is 0 Å². The number of piperidine rings is 1. The van der Waals surface area contributed by atoms with E-state index in [1.54, 1.807) is 13.2 Å². The fourth-order valence-corrected chi connectivity index (χ4v) is 2.52. The van der Waals surface area contributed by atoms with Crippen LogP contribution in [-0.2, 0) is 16.1 Å². The molecule has 1 saturated heterocycles. The van der Waals surface area contributed by atoms with Crippen LogP contribution >= 0.6 is 11.6 Å². The van der Waals surface area contributed by atoms with Crippen LogP contribution in [0, 0.1) is 0 Å². The molecule has 0 spiro atoms. The predicted molar refractivity (Wildman–Crippen MR) is 74.6 cm³/mol. The highest BCUT2D eigenvalue weighted by Gasteiger charge is 2.21. The number of nitrogens with zero attached hydrogens (tertiary/aromatic N) is 3. The van der Waals surface area contributed by atoms with Gasteiger partial charge in [0.1, 0.15) is 17.6 Å². The Morgan fingerprint density at radius 3 is 3.05 bits per heavy atom. The van der Waals surface area contributed by atoms with Gasteiger partial charge in [0.05, 0.1) is 6.10 Å². The van der Waals surface area contributed by atoms with Gasteiger partial charge in [0, 0.05) is 32.9 Å². The van der Waals surface area contributed by atoms with E-state index in [4.69, 9.17) is 21.1 Å². The molecule has 6 heteroatoms. The Bertz CT molecular complexity index is 415. The van der Waals surface area contributed by atoms with Gasteiger partial charge in [0.2, 0.25) is 0 Å². The summed E-state index contributed by atoms with van der Waals surface area (Å²) in [5.74, 6) is 1.47. The van der Waals surface area contributed by atoms with Crippen LogP contribution < -0.4 is 4.90 Å². The maximum Gasteiger partial charge on any atom is 0.158 e. The summed E-state index contributed by atoms with van der Waals surface area (Å²) in [5, 5.41) is 0.454. The van der Waals surface area contributed by atoms with E-state index in [1.807, 2.05) is 6.92 Å². The summed E-state index contributed by atoms with van der Waals surface area (Å²) in [6.45, 7) is 4.97. The number of rotatable bonds is 5. The molecular formula is C13H20ClN3O2. The van der Waals surface area contributed by atoms with Crippen LogP contribution in [0.2, 0.25) is 5.15 Å². The standard InChI is InChI=1S/C13H20ClN3O2/c1-3-19-10-5-4-6-17(8-10)13-7-11(14)15-12(16-13)9-18-2/h7,10H,3-6,8-9H2,1-2H3. The largest absolute Gasteiger partial charge is 0.377 e. The molecular weight excluding hydrogens is 266 g/mol. The molecule has 5 nitrogen and oxygen atoms in total. The molecule has 0 N–H and O–H groups in total. The normalized spacial score (nSPS) is 19.7. The number of aromatic nitrogens is 2. The van der Waals surface area contributed by atoms with Gasteiger partial charge in [-0.15, -0.1) is 0 Å². The summed E-state index contributed by atoms with van der Waals surface area (Å²) in [5.41, 5.74) is 0. The molecule has 1 atom stereocenters. The molecule has 0 amide bonds. The summed E-state index contributed by atoms with van der Waals surface area (Å²) >= 11 is 6.04. The van der Waals surface area contributed by atoms with E-state index >= 15 is 0 Å². The average molecular weight is 286 g/mol. The van der Waals surface area contributed by atoms with Gasteiger partial charge in [0.15, 0.2) is 5.82 Å². The van der Waals surface area contributed by atoms with Crippen LogP contribution in [-0.4, -0.2) is 42.9 Å². The third-order valence-corrected chi connectivity index (χ3v) is 3.30. The van der Waals surface area contributed by atoms with Crippen molar-refractivity contribution in [2.45, 2.75) is 32.5 Å². The maximum atomic E-state index is 6.04. The second-order valence-electron chi connectivity index (χ2n) is 4.56. The van der Waals surface area contributed by atoms with E-state index < -0.39 is 0 Å². The number of hydrogen-bond donors (Lipinski definition) is 0. The molecule has 1 fully saturated rings. The number of hydrogen-bond acceptors (Lipinski definition) is 5. The van der Waals surface area contributed by atoms with Crippen molar-refractivity contribution in [2.75, 3.05) is 31.7 Å². The Balaban J connectivity index is 2.11. The molecule has 1 unspecified atom stereocenters. The van der Waals surface area contributed by atoms with Gasteiger partial charge in [-0.05, 0) is 19.8 Å². The van der Waals surface area contributed by atoms with E-state index in [-0.39, 0.29) is 6.10 Å². The molecule has 1 aromatic rings. The molecule has 2 rings (SSSR count). The zero-order valence-electron chi connectivity index (χ0n) is 11.4. The Labute approximate surface area is 118 Å². The molecule has 0 aliphatic carbocycles. The van der Waals surface area contributed by atoms with E-state index in [0.29, 0.717) is 17.6 Å². The summed E-state index contributed by atoms with van der Waals surface area (Å²) in [4.78, 5) is 10.8. The van der Waals surface area contributed by atoms with Gasteiger partial charge in [-0.1, -0.05) is 11.6 Å². The van der Waals surface area contributed by atoms with Crippen molar-refractivity contribution in [3.8, 4) is 0 Å². The van der Waals surface area contributed by atoms with Crippen molar-refractivity contribution >= 4 is 17.4 Å². The first-order valence-corrected chi connectivity index (χ1v) is 6.99. The smallest absolute Gasteiger partial charge is 0.158 e. The Hall–Kier alpha value is -0.910. The summed E-state index contributed by atoms with van der Waals surface area (Å²) in [6, 6.07) is 1.80. The molecule has 0 bridgehead atoms. The molecule has 106 valence electrons. The zero-order valence-corrected chi connectivity index (χ0v) is 12.2. The van der Waals surface area contributed by atoms with Crippen molar-refractivity contribution < 1.29 is 9.47 Å². The van der Waals surface area contributed by atoms with Crippen molar-refractivity contribution in [3.63, 3.8) is 0 Å². The van der Waals surface area contributed by atoms with Gasteiger partial charge in [0.25, 0.3) is 0 Å². The monoisotopic (exact) mass is 285 g/mol. The third-order valence-electron chi connectivity index (χ3n) is 3.11. The van der Waals surface area contributed by atoms with Gasteiger partial charge < -0.3 is 14.4 Å². The fraction of sp³-hybridized carbons (Fsp3) is 0.692. The lowest BCUT2D eigenvalue weighted by Gasteiger charge is -2.33. The highest BCUT2D eigenvalue weighted by Crippen LogP contribution is 2.22. The van der Waals surface area contributed by atoms with Crippen LogP contribution in [0.4, 0.5) is 5.82 Å². The summed E-state index contributed by atoms with van der Waals surface area (Å²) in [7, 11) is 1.62. The van der Waals surface area contributed by atoms with Crippen LogP contribution in [0.15, 0.2) is 6.07 Å². The number of methoxy groups -OCH3 is 1. The first kappa shape index (κ1) is 14.5. The molecule has 1 aromatic heterocycles. The predicted octanol–water partition coefficient (Wildman–Crippen LogP) is 2.28. The lowest BCUT2D eigenvalue weighted by atomic mass is 10.1. The second kappa shape index (κ2) is 7.03. The quantitative estimate of drug-likeness (QED) is 0.777. The molecule has 1 aliphatic heterocycles. The molecule has 0 saturated carbocycles. The van der Waals surface area contributed by atoms with Gasteiger partial charge in [-0.25, -0.2) is 9.97 Å². The van der Waals surface area contributed by atoms with E-state index in [0.717, 1.165) is 38.4 Å². The number of anilines is 1. The fourth-order valence-electron chi connectivity index (χ4n) is 2.33. The molecule has 2 heterocycles. The Kier molecular flexibility index (Phi) is 5.36. The van der Waals surface area contributed by atoms with Crippen molar-refractivity contribution in [1.29, 1.82) is 0 Å². The molecule has 0 radical (unpaired) electrons. The lowest BCUT2D eigenvalue weighted by Crippen LogP contribution is -2.40. The molecule has 19 heavy (non-hydrogen) atoms. The third kappa shape index (κ3) is 4.03. The zero-order chi connectivity index (χ0) is 13.7. The van der Waals surface area contributed by atoms with Crippen molar-refractivity contribution in [2.24, 2.45) is 0 Å². The van der Waals surface area contributed by atoms with E-state index in [1.165, 1.54) is 0 Å². The SMILES string of the molecule is CCOC1CCCN(c2cc(Cl)nc(COC)n2)C1. The minimum Gasteiger partial charge on any atom is -0.377 e. The van der Waals surface area contributed by atoms with Crippen molar-refractivity contribution in [3.05, 3.63) is 17.0 Å². The second-order valence-corrected chi connectivity index (χ2v) is 4.95. The highest BCUT2D eigenvalue weighted by molar-refractivity contribution is 6.29. The average Bonchev–Trinajstić information content (AvgIpc) is 2.39. The molecule has 1 aliphatic rings. The van der Waals surface area contributed by atoms with Gasteiger partial charge in [-0.2, -0.15) is 0 Å². The van der Waals surface area contributed by atoms with E-state index in [2.05, 4.69) is 14.9 Å². The number of ether oxygens (including phenoxy) is 2. The van der Waals surface area contributed by atoms with Crippen LogP contribution in [0.1, 0.15) is 25.6 Å². The first-order valence-electron chi connectivity index (χ1n) is 6.62. The van der Waals surface area contributed by atoms with Gasteiger partial charge in [-0.3, -0.25) is 0 Å². The summed E-state index contributed by atoms with van der Waals surface area (Å²) < 4.78 is 10.8. The summed E-state index contributed by atoms with van der Waals surface area (Å²) in [6.07, 6.45) is 2.48. The maximum absolute atomic E-state index is 6.04. The lowest BCUT2D eigenvalue weighted by molar-refractivity contribution is 0.0525. The number of halogens is 1. The Morgan fingerprint density at radius 1 is 1.47 bits per heavy atom. The van der Waals surface area contributed by atoms with Crippen LogP contribution in [0.3, 0.4) is 0 Å². The minimum atomic E-state index is 0.276. The molecule has 0 aromatic carbocycles. The van der Waals surface area contributed by atoms with Crippen molar-refractivity contribution in [1.82, 2.24) is 9.97 Å². The van der Waals surface area contributed by atoms with Crippen LogP contribution in [0.5, 0.6) is 0 Å². The van der Waals surface area contributed by atoms with Crippen LogP contribution in [0.25, 0.3) is 0 Å². The van der Waals surface area contributed by atoms with Gasteiger partial charge >= 0.3 is 0 Å². The topological polar surface area (TPSA) is 47.5 Å².